The Labute approximate surface area is 96.1 Å². The van der Waals surface area contributed by atoms with Crippen LogP contribution in [0, 0.1) is 13.8 Å². The van der Waals surface area contributed by atoms with E-state index in [-0.39, 0.29) is 6.04 Å². The molecule has 1 aliphatic rings. The molecule has 0 radical (unpaired) electrons. The summed E-state index contributed by atoms with van der Waals surface area (Å²) >= 11 is 0. The number of rotatable bonds is 2. The van der Waals surface area contributed by atoms with Crippen LogP contribution in [-0.2, 0) is 10.0 Å². The molecular weight excluding hydrogens is 224 g/mol. The molecule has 0 saturated carbocycles. The van der Waals surface area contributed by atoms with Crippen molar-refractivity contribution in [3.63, 3.8) is 0 Å². The lowest BCUT2D eigenvalue weighted by Crippen LogP contribution is -2.57. The van der Waals surface area contributed by atoms with Crippen molar-refractivity contribution < 1.29 is 8.42 Å². The van der Waals surface area contributed by atoms with E-state index in [9.17, 15) is 8.42 Å². The summed E-state index contributed by atoms with van der Waals surface area (Å²) in [6, 6.07) is 5.19. The van der Waals surface area contributed by atoms with E-state index in [1.54, 1.807) is 12.1 Å². The number of sulfonamides is 1. The molecule has 0 spiro atoms. The molecule has 1 fully saturated rings. The zero-order valence-corrected chi connectivity index (χ0v) is 10.3. The van der Waals surface area contributed by atoms with Gasteiger partial charge in [0.05, 0.1) is 4.90 Å². The summed E-state index contributed by atoms with van der Waals surface area (Å²) in [4.78, 5) is 0.363. The van der Waals surface area contributed by atoms with Gasteiger partial charge < -0.3 is 5.73 Å². The van der Waals surface area contributed by atoms with Crippen molar-refractivity contribution in [3.05, 3.63) is 29.3 Å². The van der Waals surface area contributed by atoms with Crippen molar-refractivity contribution >= 4 is 10.0 Å². The average Bonchev–Trinajstić information content (AvgIpc) is 2.17. The fourth-order valence-corrected chi connectivity index (χ4v) is 3.33. The topological polar surface area (TPSA) is 63.4 Å². The van der Waals surface area contributed by atoms with Gasteiger partial charge >= 0.3 is 0 Å². The van der Waals surface area contributed by atoms with Gasteiger partial charge in [0.1, 0.15) is 0 Å². The highest BCUT2D eigenvalue weighted by Crippen LogP contribution is 2.22. The fourth-order valence-electron chi connectivity index (χ4n) is 1.69. The van der Waals surface area contributed by atoms with Crippen LogP contribution in [0.15, 0.2) is 23.1 Å². The first-order valence-electron chi connectivity index (χ1n) is 5.24. The van der Waals surface area contributed by atoms with Crippen molar-refractivity contribution in [3.8, 4) is 0 Å². The summed E-state index contributed by atoms with van der Waals surface area (Å²) in [5.74, 6) is 0. The highest BCUT2D eigenvalue weighted by molar-refractivity contribution is 7.89. The van der Waals surface area contributed by atoms with Crippen LogP contribution in [0.1, 0.15) is 11.1 Å². The van der Waals surface area contributed by atoms with E-state index >= 15 is 0 Å². The van der Waals surface area contributed by atoms with Crippen molar-refractivity contribution in [1.82, 2.24) is 4.31 Å². The van der Waals surface area contributed by atoms with Crippen LogP contribution in [0.4, 0.5) is 0 Å². The molecule has 1 saturated heterocycles. The third kappa shape index (κ3) is 1.86. The molecule has 0 aliphatic carbocycles. The van der Waals surface area contributed by atoms with Gasteiger partial charge in [0, 0.05) is 19.1 Å². The highest BCUT2D eigenvalue weighted by Gasteiger charge is 2.34. The Morgan fingerprint density at radius 2 is 1.88 bits per heavy atom. The van der Waals surface area contributed by atoms with E-state index in [0.29, 0.717) is 18.0 Å². The SMILES string of the molecule is Cc1ccc(S(=O)(=O)N2CC(N)C2)cc1C. The molecule has 2 N–H and O–H groups in total. The first-order valence-corrected chi connectivity index (χ1v) is 6.68. The van der Waals surface area contributed by atoms with Gasteiger partial charge in [0.2, 0.25) is 10.0 Å². The number of aryl methyl sites for hydroxylation is 2. The summed E-state index contributed by atoms with van der Waals surface area (Å²) in [5.41, 5.74) is 7.68. The van der Waals surface area contributed by atoms with E-state index < -0.39 is 10.0 Å². The molecular formula is C11H16N2O2S. The molecule has 4 nitrogen and oxygen atoms in total. The molecule has 0 unspecified atom stereocenters. The van der Waals surface area contributed by atoms with E-state index in [0.717, 1.165) is 11.1 Å². The molecule has 2 rings (SSSR count). The smallest absolute Gasteiger partial charge is 0.243 e. The van der Waals surface area contributed by atoms with Crippen LogP contribution >= 0.6 is 0 Å². The lowest BCUT2D eigenvalue weighted by atomic mass is 10.1. The Bertz CT molecular complexity index is 505. The minimum Gasteiger partial charge on any atom is -0.325 e. The second kappa shape index (κ2) is 3.84. The van der Waals surface area contributed by atoms with Crippen LogP contribution in [0.25, 0.3) is 0 Å². The van der Waals surface area contributed by atoms with Crippen LogP contribution in [0.2, 0.25) is 0 Å². The summed E-state index contributed by atoms with van der Waals surface area (Å²) in [6.07, 6.45) is 0. The molecule has 88 valence electrons. The molecule has 1 aromatic rings. The molecule has 16 heavy (non-hydrogen) atoms. The highest BCUT2D eigenvalue weighted by atomic mass is 32.2. The molecule has 5 heteroatoms. The Hall–Kier alpha value is -0.910. The van der Waals surface area contributed by atoms with Gasteiger partial charge in [0.15, 0.2) is 0 Å². The van der Waals surface area contributed by atoms with Gasteiger partial charge in [-0.2, -0.15) is 4.31 Å². The van der Waals surface area contributed by atoms with Gasteiger partial charge in [0.25, 0.3) is 0 Å². The summed E-state index contributed by atoms with van der Waals surface area (Å²) in [5, 5.41) is 0. The molecule has 0 bridgehead atoms. The number of nitrogens with zero attached hydrogens (tertiary/aromatic N) is 1. The zero-order valence-electron chi connectivity index (χ0n) is 9.47. The minimum absolute atomic E-state index is 0.0127. The number of hydrogen-bond acceptors (Lipinski definition) is 3. The van der Waals surface area contributed by atoms with E-state index in [1.807, 2.05) is 19.9 Å². The normalized spacial score (nSPS) is 18.4. The lowest BCUT2D eigenvalue weighted by molar-refractivity contribution is 0.265. The van der Waals surface area contributed by atoms with Crippen molar-refractivity contribution in [2.24, 2.45) is 5.73 Å². The lowest BCUT2D eigenvalue weighted by Gasteiger charge is -2.35. The molecule has 1 aliphatic heterocycles. The van der Waals surface area contributed by atoms with Crippen LogP contribution in [0.3, 0.4) is 0 Å². The summed E-state index contributed by atoms with van der Waals surface area (Å²) < 4.78 is 25.6. The second-order valence-corrected chi connectivity index (χ2v) is 6.27. The third-order valence-corrected chi connectivity index (χ3v) is 4.82. The molecule has 0 atom stereocenters. The Balaban J connectivity index is 2.33. The first-order chi connectivity index (χ1) is 7.41. The van der Waals surface area contributed by atoms with Gasteiger partial charge in [-0.25, -0.2) is 8.42 Å². The van der Waals surface area contributed by atoms with Gasteiger partial charge in [-0.15, -0.1) is 0 Å². The standard InChI is InChI=1S/C11H16N2O2S/c1-8-3-4-11(5-9(8)2)16(14,15)13-6-10(12)7-13/h3-5,10H,6-7,12H2,1-2H3. The van der Waals surface area contributed by atoms with E-state index in [1.165, 1.54) is 4.31 Å². The number of hydrogen-bond donors (Lipinski definition) is 1. The maximum atomic E-state index is 12.1. The van der Waals surface area contributed by atoms with Crippen molar-refractivity contribution in [1.29, 1.82) is 0 Å². The van der Waals surface area contributed by atoms with E-state index in [2.05, 4.69) is 0 Å². The van der Waals surface area contributed by atoms with Crippen LogP contribution < -0.4 is 5.73 Å². The maximum Gasteiger partial charge on any atom is 0.243 e. The van der Waals surface area contributed by atoms with Crippen LogP contribution in [0.5, 0.6) is 0 Å². The summed E-state index contributed by atoms with van der Waals surface area (Å²) in [7, 11) is -3.32. The maximum absolute atomic E-state index is 12.1. The molecule has 1 aromatic carbocycles. The molecule has 0 aromatic heterocycles. The fraction of sp³-hybridized carbons (Fsp3) is 0.455. The Morgan fingerprint density at radius 1 is 1.25 bits per heavy atom. The van der Waals surface area contributed by atoms with Gasteiger partial charge in [-0.3, -0.25) is 0 Å². The third-order valence-electron chi connectivity index (χ3n) is 2.99. The Morgan fingerprint density at radius 3 is 2.38 bits per heavy atom. The molecule has 0 amide bonds. The number of benzene rings is 1. The quantitative estimate of drug-likeness (QED) is 0.825. The van der Waals surface area contributed by atoms with Crippen molar-refractivity contribution in [2.45, 2.75) is 24.8 Å². The van der Waals surface area contributed by atoms with Gasteiger partial charge in [-0.1, -0.05) is 6.07 Å². The minimum atomic E-state index is -3.32. The number of nitrogens with two attached hydrogens (primary N) is 1. The second-order valence-electron chi connectivity index (χ2n) is 4.33. The van der Waals surface area contributed by atoms with E-state index in [4.69, 9.17) is 5.73 Å². The van der Waals surface area contributed by atoms with Crippen molar-refractivity contribution in [2.75, 3.05) is 13.1 Å². The van der Waals surface area contributed by atoms with Crippen LogP contribution in [-0.4, -0.2) is 31.9 Å². The van der Waals surface area contributed by atoms with Gasteiger partial charge in [-0.05, 0) is 37.1 Å². The predicted octanol–water partition coefficient (Wildman–Crippen LogP) is 0.635. The summed E-state index contributed by atoms with van der Waals surface area (Å²) in [6.45, 7) is 4.73. The first kappa shape index (κ1) is 11.6. The Kier molecular flexibility index (Phi) is 2.77. The largest absolute Gasteiger partial charge is 0.325 e. The zero-order chi connectivity index (χ0) is 11.9. The molecule has 1 heterocycles. The average molecular weight is 240 g/mol. The predicted molar refractivity (Wildman–Crippen MR) is 62.7 cm³/mol. The monoisotopic (exact) mass is 240 g/mol.